The lowest BCUT2D eigenvalue weighted by Gasteiger charge is -2.26. The van der Waals surface area contributed by atoms with E-state index in [2.05, 4.69) is 0 Å². The van der Waals surface area contributed by atoms with Gasteiger partial charge >= 0.3 is 5.97 Å². The van der Waals surface area contributed by atoms with E-state index >= 15 is 0 Å². The van der Waals surface area contributed by atoms with Crippen LogP contribution < -0.4 is 0 Å². The minimum Gasteiger partial charge on any atom is -0.466 e. The van der Waals surface area contributed by atoms with E-state index in [1.165, 1.54) is 0 Å². The van der Waals surface area contributed by atoms with Crippen molar-refractivity contribution in [3.05, 3.63) is 0 Å². The first kappa shape index (κ1) is 15.1. The maximum absolute atomic E-state index is 11.6. The molecular formula is C13H23NO4. The molecule has 0 N–H and O–H groups in total. The molecule has 0 amide bonds. The number of Topliss-reactive ketones (excluding diaryl/α,β-unsaturated/α-hetero) is 1. The number of nitrogens with zero attached hydrogens (tertiary/aromatic N) is 1. The van der Waals surface area contributed by atoms with Crippen LogP contribution in [0.2, 0.25) is 0 Å². The molecule has 1 aliphatic rings. The first-order valence-corrected chi connectivity index (χ1v) is 6.55. The third-order valence-electron chi connectivity index (χ3n) is 2.92. The lowest BCUT2D eigenvalue weighted by atomic mass is 10.0. The number of hydrogen-bond acceptors (Lipinski definition) is 5. The summed E-state index contributed by atoms with van der Waals surface area (Å²) in [5.74, 6) is -0.0243. The number of carbonyl (C=O) groups is 2. The molecule has 5 heteroatoms. The zero-order valence-electron chi connectivity index (χ0n) is 11.3. The van der Waals surface area contributed by atoms with Gasteiger partial charge in [0.1, 0.15) is 6.42 Å². The minimum atomic E-state index is -0.433. The monoisotopic (exact) mass is 257 g/mol. The van der Waals surface area contributed by atoms with Crippen LogP contribution in [0.5, 0.6) is 0 Å². The third-order valence-corrected chi connectivity index (χ3v) is 2.92. The smallest absolute Gasteiger partial charge is 0.313 e. The lowest BCUT2D eigenvalue weighted by Crippen LogP contribution is -2.34. The predicted molar refractivity (Wildman–Crippen MR) is 67.3 cm³/mol. The second-order valence-electron chi connectivity index (χ2n) is 4.80. The molecular weight excluding hydrogens is 234 g/mol. The molecule has 104 valence electrons. The van der Waals surface area contributed by atoms with Crippen molar-refractivity contribution in [2.75, 3.05) is 40.0 Å². The van der Waals surface area contributed by atoms with Gasteiger partial charge in [0.2, 0.25) is 0 Å². The normalized spacial score (nSPS) is 19.8. The van der Waals surface area contributed by atoms with Crippen LogP contribution in [0.25, 0.3) is 0 Å². The van der Waals surface area contributed by atoms with E-state index in [0.29, 0.717) is 19.1 Å². The first-order chi connectivity index (χ1) is 8.61. The molecule has 1 rings (SSSR count). The molecule has 1 unspecified atom stereocenters. The number of carbonyl (C=O) groups excluding carboxylic acids is 2. The molecule has 5 nitrogen and oxygen atoms in total. The number of ether oxygens (including phenoxy) is 2. The Bertz CT molecular complexity index is 274. The summed E-state index contributed by atoms with van der Waals surface area (Å²) in [6, 6.07) is 0. The van der Waals surface area contributed by atoms with Crippen molar-refractivity contribution in [3.8, 4) is 0 Å². The zero-order valence-corrected chi connectivity index (χ0v) is 11.3. The van der Waals surface area contributed by atoms with Gasteiger partial charge in [-0.05, 0) is 32.7 Å². The van der Waals surface area contributed by atoms with E-state index in [4.69, 9.17) is 9.47 Å². The predicted octanol–water partition coefficient (Wildman–Crippen LogP) is 0.867. The van der Waals surface area contributed by atoms with Crippen LogP contribution in [0.1, 0.15) is 26.2 Å². The van der Waals surface area contributed by atoms with E-state index in [1.807, 2.05) is 11.9 Å². The van der Waals surface area contributed by atoms with Crippen LogP contribution in [0.15, 0.2) is 0 Å². The Labute approximate surface area is 108 Å². The van der Waals surface area contributed by atoms with Crippen LogP contribution in [-0.4, -0.2) is 56.6 Å². The van der Waals surface area contributed by atoms with Crippen molar-refractivity contribution in [2.24, 2.45) is 5.92 Å². The first-order valence-electron chi connectivity index (χ1n) is 6.55. The Kier molecular flexibility index (Phi) is 6.90. The fourth-order valence-electron chi connectivity index (χ4n) is 2.19. The van der Waals surface area contributed by atoms with Gasteiger partial charge in [-0.2, -0.15) is 0 Å². The molecule has 0 saturated carbocycles. The Hall–Kier alpha value is -0.940. The van der Waals surface area contributed by atoms with Gasteiger partial charge in [0.25, 0.3) is 0 Å². The molecule has 0 aromatic rings. The van der Waals surface area contributed by atoms with Crippen LogP contribution in [0.4, 0.5) is 0 Å². The summed E-state index contributed by atoms with van der Waals surface area (Å²) in [6.07, 6.45) is 2.12. The second-order valence-corrected chi connectivity index (χ2v) is 4.80. The molecule has 0 bridgehead atoms. The van der Waals surface area contributed by atoms with E-state index in [9.17, 15) is 9.59 Å². The van der Waals surface area contributed by atoms with Crippen LogP contribution >= 0.6 is 0 Å². The summed E-state index contributed by atoms with van der Waals surface area (Å²) in [5, 5.41) is 0. The summed E-state index contributed by atoms with van der Waals surface area (Å²) in [7, 11) is 1.90. The Morgan fingerprint density at radius 3 is 2.83 bits per heavy atom. The van der Waals surface area contributed by atoms with Crippen molar-refractivity contribution in [1.82, 2.24) is 4.90 Å². The lowest BCUT2D eigenvalue weighted by molar-refractivity contribution is -0.145. The van der Waals surface area contributed by atoms with E-state index in [0.717, 1.165) is 32.6 Å². The molecule has 1 atom stereocenters. The quantitative estimate of drug-likeness (QED) is 0.500. The number of hydrogen-bond donors (Lipinski definition) is 0. The molecule has 1 heterocycles. The highest BCUT2D eigenvalue weighted by atomic mass is 16.5. The number of likely N-dealkylation sites (N-methyl/N-ethyl adjacent to an activating group) is 1. The Morgan fingerprint density at radius 1 is 1.44 bits per heavy atom. The SMILES string of the molecule is CCOC(=O)CC(=O)CN(C)CC1CCCOC1. The van der Waals surface area contributed by atoms with Gasteiger partial charge in [0.15, 0.2) is 5.78 Å². The molecule has 0 aromatic heterocycles. The van der Waals surface area contributed by atoms with Crippen LogP contribution in [0, 0.1) is 5.92 Å². The summed E-state index contributed by atoms with van der Waals surface area (Å²) < 4.78 is 10.1. The van der Waals surface area contributed by atoms with E-state index in [-0.39, 0.29) is 12.2 Å². The average Bonchev–Trinajstić information content (AvgIpc) is 2.29. The molecule has 1 fully saturated rings. The van der Waals surface area contributed by atoms with Gasteiger partial charge < -0.3 is 9.47 Å². The van der Waals surface area contributed by atoms with Gasteiger partial charge in [0, 0.05) is 13.2 Å². The van der Waals surface area contributed by atoms with Crippen molar-refractivity contribution < 1.29 is 19.1 Å². The fourth-order valence-corrected chi connectivity index (χ4v) is 2.19. The van der Waals surface area contributed by atoms with E-state index < -0.39 is 5.97 Å². The van der Waals surface area contributed by atoms with Gasteiger partial charge in [0.05, 0.1) is 19.8 Å². The maximum atomic E-state index is 11.6. The fraction of sp³-hybridized carbons (Fsp3) is 0.846. The molecule has 0 spiro atoms. The molecule has 1 saturated heterocycles. The largest absolute Gasteiger partial charge is 0.466 e. The van der Waals surface area contributed by atoms with Gasteiger partial charge in [-0.15, -0.1) is 0 Å². The molecule has 0 aliphatic carbocycles. The average molecular weight is 257 g/mol. The van der Waals surface area contributed by atoms with Gasteiger partial charge in [-0.3, -0.25) is 14.5 Å². The second kappa shape index (κ2) is 8.21. The highest BCUT2D eigenvalue weighted by Crippen LogP contribution is 2.14. The number of ketones is 1. The highest BCUT2D eigenvalue weighted by Gasteiger charge is 2.18. The standard InChI is InChI=1S/C13H23NO4/c1-3-18-13(16)7-12(15)9-14(2)8-11-5-4-6-17-10-11/h11H,3-10H2,1-2H3. The van der Waals surface area contributed by atoms with Crippen molar-refractivity contribution in [2.45, 2.75) is 26.2 Å². The molecule has 0 aromatic carbocycles. The molecule has 0 radical (unpaired) electrons. The number of rotatable bonds is 7. The van der Waals surface area contributed by atoms with E-state index in [1.54, 1.807) is 6.92 Å². The Balaban J connectivity index is 2.19. The topological polar surface area (TPSA) is 55.8 Å². The minimum absolute atomic E-state index is 0.0901. The molecule has 18 heavy (non-hydrogen) atoms. The summed E-state index contributed by atoms with van der Waals surface area (Å²) in [5.41, 5.74) is 0. The van der Waals surface area contributed by atoms with Crippen molar-refractivity contribution >= 4 is 11.8 Å². The van der Waals surface area contributed by atoms with Crippen molar-refractivity contribution in [1.29, 1.82) is 0 Å². The van der Waals surface area contributed by atoms with Gasteiger partial charge in [-0.1, -0.05) is 0 Å². The summed E-state index contributed by atoms with van der Waals surface area (Å²) >= 11 is 0. The van der Waals surface area contributed by atoms with Crippen LogP contribution in [0.3, 0.4) is 0 Å². The molecule has 1 aliphatic heterocycles. The maximum Gasteiger partial charge on any atom is 0.313 e. The summed E-state index contributed by atoms with van der Waals surface area (Å²) in [6.45, 7) is 4.82. The summed E-state index contributed by atoms with van der Waals surface area (Å²) in [4.78, 5) is 24.7. The third kappa shape index (κ3) is 6.12. The highest BCUT2D eigenvalue weighted by molar-refractivity contribution is 5.96. The number of esters is 1. The van der Waals surface area contributed by atoms with Crippen LogP contribution in [-0.2, 0) is 19.1 Å². The Morgan fingerprint density at radius 2 is 2.22 bits per heavy atom. The van der Waals surface area contributed by atoms with Gasteiger partial charge in [-0.25, -0.2) is 0 Å². The zero-order chi connectivity index (χ0) is 13.4. The van der Waals surface area contributed by atoms with Crippen molar-refractivity contribution in [3.63, 3.8) is 0 Å².